The highest BCUT2D eigenvalue weighted by molar-refractivity contribution is 5.93. The normalized spacial score (nSPS) is 10.0. The number of H-pyrrole nitrogens is 1. The zero-order chi connectivity index (χ0) is 12.7. The Morgan fingerprint density at radius 3 is 2.83 bits per heavy atom. The van der Waals surface area contributed by atoms with Gasteiger partial charge in [0.25, 0.3) is 0 Å². The summed E-state index contributed by atoms with van der Waals surface area (Å²) in [5.74, 6) is -0.343. The van der Waals surface area contributed by atoms with E-state index < -0.39 is 0 Å². The van der Waals surface area contributed by atoms with E-state index in [1.807, 2.05) is 19.9 Å². The fourth-order valence-corrected chi connectivity index (χ4v) is 1.37. The summed E-state index contributed by atoms with van der Waals surface area (Å²) in [6, 6.07) is 1.81. The number of aromatic amines is 1. The first-order valence-corrected chi connectivity index (χ1v) is 5.85. The van der Waals surface area contributed by atoms with Gasteiger partial charge in [0, 0.05) is 12.7 Å². The molecule has 0 saturated heterocycles. The molecule has 0 saturated carbocycles. The zero-order valence-electron chi connectivity index (χ0n) is 11.0. The van der Waals surface area contributed by atoms with Crippen LogP contribution in [0.3, 0.4) is 0 Å². The van der Waals surface area contributed by atoms with Crippen LogP contribution >= 0.6 is 12.4 Å². The summed E-state index contributed by atoms with van der Waals surface area (Å²) in [6.07, 6.45) is 1.92. The van der Waals surface area contributed by atoms with Gasteiger partial charge in [0.05, 0.1) is 25.0 Å². The molecular formula is C12H21ClN2O3. The van der Waals surface area contributed by atoms with Gasteiger partial charge in [-0.25, -0.2) is 4.79 Å². The molecule has 0 spiro atoms. The number of esters is 1. The number of hydrogen-bond donors (Lipinski definition) is 2. The van der Waals surface area contributed by atoms with E-state index in [0.29, 0.717) is 25.5 Å². The molecule has 1 aromatic heterocycles. The number of aromatic nitrogens is 1. The molecule has 5 nitrogen and oxygen atoms in total. The van der Waals surface area contributed by atoms with Crippen LogP contribution in [0.15, 0.2) is 12.3 Å². The van der Waals surface area contributed by atoms with E-state index >= 15 is 0 Å². The lowest BCUT2D eigenvalue weighted by atomic mass is 10.3. The molecule has 0 radical (unpaired) electrons. The summed E-state index contributed by atoms with van der Waals surface area (Å²) in [4.78, 5) is 14.4. The van der Waals surface area contributed by atoms with Crippen molar-refractivity contribution in [2.24, 2.45) is 0 Å². The number of hydrogen-bond acceptors (Lipinski definition) is 4. The monoisotopic (exact) mass is 276 g/mol. The number of halogens is 1. The maximum Gasteiger partial charge on any atom is 0.356 e. The maximum absolute atomic E-state index is 11.5. The Bertz CT molecular complexity index is 353. The molecule has 0 atom stereocenters. The average molecular weight is 277 g/mol. The smallest absolute Gasteiger partial charge is 0.356 e. The molecule has 2 N–H and O–H groups in total. The van der Waals surface area contributed by atoms with Crippen LogP contribution in [0.1, 0.15) is 31.3 Å². The second-order valence-electron chi connectivity index (χ2n) is 3.83. The fourth-order valence-electron chi connectivity index (χ4n) is 1.37. The van der Waals surface area contributed by atoms with Crippen LogP contribution in [0.2, 0.25) is 0 Å². The Labute approximate surface area is 114 Å². The van der Waals surface area contributed by atoms with E-state index in [4.69, 9.17) is 9.47 Å². The highest BCUT2D eigenvalue weighted by atomic mass is 35.5. The van der Waals surface area contributed by atoms with Gasteiger partial charge >= 0.3 is 5.97 Å². The van der Waals surface area contributed by atoms with E-state index in [9.17, 15) is 4.79 Å². The molecule has 0 aliphatic carbocycles. The molecule has 0 bridgehead atoms. The first kappa shape index (κ1) is 16.8. The number of rotatable bonds is 7. The van der Waals surface area contributed by atoms with Crippen molar-refractivity contribution >= 4 is 24.1 Å². The first-order chi connectivity index (χ1) is 8.15. The molecular weight excluding hydrogens is 256 g/mol. The molecule has 1 aromatic rings. The van der Waals surface area contributed by atoms with Crippen molar-refractivity contribution in [2.75, 3.05) is 25.1 Å². The van der Waals surface area contributed by atoms with Crippen molar-refractivity contribution in [3.05, 3.63) is 18.0 Å². The highest BCUT2D eigenvalue weighted by Gasteiger charge is 2.13. The van der Waals surface area contributed by atoms with Gasteiger partial charge in [-0.2, -0.15) is 0 Å². The number of nitrogens with one attached hydrogen (secondary N) is 2. The Morgan fingerprint density at radius 2 is 2.22 bits per heavy atom. The van der Waals surface area contributed by atoms with Crippen LogP contribution in [0.4, 0.5) is 5.69 Å². The van der Waals surface area contributed by atoms with Crippen molar-refractivity contribution in [3.63, 3.8) is 0 Å². The topological polar surface area (TPSA) is 63.4 Å². The van der Waals surface area contributed by atoms with Crippen LogP contribution in [-0.2, 0) is 9.47 Å². The number of carbonyl (C=O) groups excluding carboxylic acids is 1. The lowest BCUT2D eigenvalue weighted by molar-refractivity contribution is 0.0521. The summed E-state index contributed by atoms with van der Waals surface area (Å²) in [5.41, 5.74) is 1.20. The predicted molar refractivity (Wildman–Crippen MR) is 73.6 cm³/mol. The van der Waals surface area contributed by atoms with Gasteiger partial charge in [-0.1, -0.05) is 0 Å². The van der Waals surface area contributed by atoms with Crippen LogP contribution in [0.25, 0.3) is 0 Å². The highest BCUT2D eigenvalue weighted by Crippen LogP contribution is 2.14. The van der Waals surface area contributed by atoms with E-state index in [1.54, 1.807) is 13.1 Å². The lowest BCUT2D eigenvalue weighted by Gasteiger charge is -2.09. The van der Waals surface area contributed by atoms with Gasteiger partial charge in [-0.05, 0) is 26.8 Å². The summed E-state index contributed by atoms with van der Waals surface area (Å²) in [6.45, 7) is 7.38. The third kappa shape index (κ3) is 5.42. The number of ether oxygens (including phenoxy) is 2. The third-order valence-electron chi connectivity index (χ3n) is 2.10. The third-order valence-corrected chi connectivity index (χ3v) is 2.10. The summed E-state index contributed by atoms with van der Waals surface area (Å²) in [7, 11) is 0. The second-order valence-corrected chi connectivity index (χ2v) is 3.83. The SMILES string of the molecule is CCOC(=O)c1[nH]ccc1NCCOC(C)C.Cl. The molecule has 104 valence electrons. The van der Waals surface area contributed by atoms with Crippen LogP contribution < -0.4 is 5.32 Å². The van der Waals surface area contributed by atoms with Gasteiger partial charge in [0.2, 0.25) is 0 Å². The lowest BCUT2D eigenvalue weighted by Crippen LogP contribution is -2.15. The Morgan fingerprint density at radius 1 is 1.50 bits per heavy atom. The molecule has 0 aliphatic heterocycles. The van der Waals surface area contributed by atoms with Crippen molar-refractivity contribution in [1.82, 2.24) is 4.98 Å². The van der Waals surface area contributed by atoms with E-state index in [-0.39, 0.29) is 24.5 Å². The maximum atomic E-state index is 11.5. The molecule has 1 heterocycles. The quantitative estimate of drug-likeness (QED) is 0.593. The summed E-state index contributed by atoms with van der Waals surface area (Å²) >= 11 is 0. The first-order valence-electron chi connectivity index (χ1n) is 5.85. The predicted octanol–water partition coefficient (Wildman–Crippen LogP) is 2.45. The number of carbonyl (C=O) groups is 1. The molecule has 0 amide bonds. The van der Waals surface area contributed by atoms with Crippen molar-refractivity contribution in [2.45, 2.75) is 26.9 Å². The molecule has 6 heteroatoms. The zero-order valence-corrected chi connectivity index (χ0v) is 11.8. The Hall–Kier alpha value is -1.20. The van der Waals surface area contributed by atoms with Gasteiger partial charge in [0.1, 0.15) is 5.69 Å². The van der Waals surface area contributed by atoms with Crippen molar-refractivity contribution in [3.8, 4) is 0 Å². The van der Waals surface area contributed by atoms with E-state index in [1.165, 1.54) is 0 Å². The van der Waals surface area contributed by atoms with Crippen LogP contribution in [0, 0.1) is 0 Å². The Kier molecular flexibility index (Phi) is 8.24. The summed E-state index contributed by atoms with van der Waals surface area (Å²) in [5, 5.41) is 3.13. The minimum atomic E-state index is -0.343. The standard InChI is InChI=1S/C12H20N2O3.ClH/c1-4-16-12(15)11-10(5-6-14-11)13-7-8-17-9(2)3;/h5-6,9,13-14H,4,7-8H2,1-3H3;1H. The van der Waals surface area contributed by atoms with Crippen LogP contribution in [0.5, 0.6) is 0 Å². The minimum absolute atomic E-state index is 0. The van der Waals surface area contributed by atoms with E-state index in [2.05, 4.69) is 10.3 Å². The second kappa shape index (κ2) is 8.83. The van der Waals surface area contributed by atoms with Crippen LogP contribution in [-0.4, -0.2) is 36.8 Å². The van der Waals surface area contributed by atoms with Gasteiger partial charge in [-0.3, -0.25) is 0 Å². The van der Waals surface area contributed by atoms with E-state index in [0.717, 1.165) is 5.69 Å². The largest absolute Gasteiger partial charge is 0.461 e. The average Bonchev–Trinajstić information content (AvgIpc) is 2.72. The number of anilines is 1. The molecule has 18 heavy (non-hydrogen) atoms. The van der Waals surface area contributed by atoms with Gasteiger partial charge in [0.15, 0.2) is 0 Å². The van der Waals surface area contributed by atoms with Gasteiger partial charge < -0.3 is 19.8 Å². The van der Waals surface area contributed by atoms with Crippen molar-refractivity contribution < 1.29 is 14.3 Å². The molecule has 0 unspecified atom stereocenters. The molecule has 0 fully saturated rings. The van der Waals surface area contributed by atoms with Crippen molar-refractivity contribution in [1.29, 1.82) is 0 Å². The summed E-state index contributed by atoms with van der Waals surface area (Å²) < 4.78 is 10.3. The minimum Gasteiger partial charge on any atom is -0.461 e. The molecule has 0 aromatic carbocycles. The molecule has 1 rings (SSSR count). The fraction of sp³-hybridized carbons (Fsp3) is 0.583. The Balaban J connectivity index is 0.00000289. The molecule has 0 aliphatic rings. The van der Waals surface area contributed by atoms with Gasteiger partial charge in [-0.15, -0.1) is 12.4 Å².